The molecular formula is C17H24N4O2. The Hall–Kier alpha value is -1.92. The van der Waals surface area contributed by atoms with Crippen LogP contribution in [0.3, 0.4) is 0 Å². The molecule has 2 aliphatic rings. The second-order valence-corrected chi connectivity index (χ2v) is 6.31. The third-order valence-electron chi connectivity index (χ3n) is 4.57. The summed E-state index contributed by atoms with van der Waals surface area (Å²) in [5.41, 5.74) is 1.41. The molecule has 124 valence electrons. The summed E-state index contributed by atoms with van der Waals surface area (Å²) in [5.74, 6) is 0.0640. The molecule has 0 saturated carbocycles. The minimum Gasteiger partial charge on any atom is -0.336 e. The van der Waals surface area contributed by atoms with Gasteiger partial charge in [-0.05, 0) is 50.7 Å². The number of hydrogen-bond acceptors (Lipinski definition) is 4. The van der Waals surface area contributed by atoms with E-state index in [1.165, 1.54) is 0 Å². The number of amides is 2. The zero-order valence-electron chi connectivity index (χ0n) is 13.5. The fourth-order valence-corrected chi connectivity index (χ4v) is 3.03. The van der Waals surface area contributed by atoms with Gasteiger partial charge in [-0.25, -0.2) is 0 Å². The minimum atomic E-state index is -0.0957. The Labute approximate surface area is 136 Å². The molecule has 2 fully saturated rings. The molecule has 1 aromatic rings. The van der Waals surface area contributed by atoms with Crippen LogP contribution in [-0.4, -0.2) is 67.4 Å². The first kappa shape index (κ1) is 16.0. The van der Waals surface area contributed by atoms with Crippen LogP contribution in [-0.2, 0) is 4.79 Å². The van der Waals surface area contributed by atoms with E-state index in [0.29, 0.717) is 5.56 Å². The van der Waals surface area contributed by atoms with Crippen molar-refractivity contribution in [2.45, 2.75) is 18.9 Å². The third-order valence-corrected chi connectivity index (χ3v) is 4.57. The maximum Gasteiger partial charge on any atom is 0.253 e. The van der Waals surface area contributed by atoms with Crippen LogP contribution in [0, 0.1) is 0 Å². The molecule has 0 radical (unpaired) electrons. The summed E-state index contributed by atoms with van der Waals surface area (Å²) in [6, 6.07) is 7.09. The number of anilines is 1. The maximum atomic E-state index is 12.5. The minimum absolute atomic E-state index is 0.000597. The van der Waals surface area contributed by atoms with E-state index in [0.717, 1.165) is 51.3 Å². The summed E-state index contributed by atoms with van der Waals surface area (Å²) in [5, 5.41) is 6.08. The molecule has 3 rings (SSSR count). The Balaban J connectivity index is 1.58. The Morgan fingerprint density at radius 1 is 1.13 bits per heavy atom. The normalized spacial score (nSPS) is 22.1. The highest BCUT2D eigenvalue weighted by molar-refractivity contribution is 5.97. The monoisotopic (exact) mass is 316 g/mol. The molecule has 2 amide bonds. The number of hydrogen-bond donors (Lipinski definition) is 2. The van der Waals surface area contributed by atoms with Gasteiger partial charge in [0, 0.05) is 37.4 Å². The summed E-state index contributed by atoms with van der Waals surface area (Å²) < 4.78 is 0. The second kappa shape index (κ2) is 7.10. The standard InChI is InChI=1S/C17H24N4O2/c1-20-9-11-21(12-10-20)17(23)13-4-6-14(7-5-13)19-16(22)15-3-2-8-18-15/h4-7,15,18H,2-3,8-12H2,1H3,(H,19,22). The largest absolute Gasteiger partial charge is 0.336 e. The van der Waals surface area contributed by atoms with Gasteiger partial charge >= 0.3 is 0 Å². The van der Waals surface area contributed by atoms with Crippen LogP contribution in [0.1, 0.15) is 23.2 Å². The Kier molecular flexibility index (Phi) is 4.93. The molecule has 2 N–H and O–H groups in total. The van der Waals surface area contributed by atoms with E-state index in [2.05, 4.69) is 22.6 Å². The van der Waals surface area contributed by atoms with E-state index in [4.69, 9.17) is 0 Å². The first-order chi connectivity index (χ1) is 11.1. The molecule has 0 aliphatic carbocycles. The zero-order chi connectivity index (χ0) is 16.2. The van der Waals surface area contributed by atoms with Crippen LogP contribution in [0.2, 0.25) is 0 Å². The topological polar surface area (TPSA) is 64.7 Å². The fourth-order valence-electron chi connectivity index (χ4n) is 3.03. The van der Waals surface area contributed by atoms with Crippen LogP contribution in [0.25, 0.3) is 0 Å². The second-order valence-electron chi connectivity index (χ2n) is 6.31. The lowest BCUT2D eigenvalue weighted by Gasteiger charge is -2.32. The SMILES string of the molecule is CN1CCN(C(=O)c2ccc(NC(=O)C3CCCN3)cc2)CC1. The Morgan fingerprint density at radius 3 is 2.43 bits per heavy atom. The third kappa shape index (κ3) is 3.89. The zero-order valence-corrected chi connectivity index (χ0v) is 13.5. The number of nitrogens with zero attached hydrogens (tertiary/aromatic N) is 2. The van der Waals surface area contributed by atoms with E-state index in [1.54, 1.807) is 24.3 Å². The lowest BCUT2D eigenvalue weighted by Crippen LogP contribution is -2.47. The van der Waals surface area contributed by atoms with Gasteiger partial charge in [-0.15, -0.1) is 0 Å². The van der Waals surface area contributed by atoms with Crippen LogP contribution in [0.4, 0.5) is 5.69 Å². The van der Waals surface area contributed by atoms with Crippen molar-refractivity contribution >= 4 is 17.5 Å². The predicted molar refractivity (Wildman–Crippen MR) is 89.5 cm³/mol. The van der Waals surface area contributed by atoms with E-state index < -0.39 is 0 Å². The molecule has 2 heterocycles. The van der Waals surface area contributed by atoms with Crippen molar-refractivity contribution in [1.82, 2.24) is 15.1 Å². The lowest BCUT2D eigenvalue weighted by molar-refractivity contribution is -0.117. The quantitative estimate of drug-likeness (QED) is 0.864. The summed E-state index contributed by atoms with van der Waals surface area (Å²) in [6.07, 6.45) is 1.92. The molecule has 6 heteroatoms. The first-order valence-corrected chi connectivity index (χ1v) is 8.25. The molecular weight excluding hydrogens is 292 g/mol. The van der Waals surface area contributed by atoms with Gasteiger partial charge in [0.2, 0.25) is 5.91 Å². The van der Waals surface area contributed by atoms with Crippen LogP contribution in [0.15, 0.2) is 24.3 Å². The molecule has 1 atom stereocenters. The fraction of sp³-hybridized carbons (Fsp3) is 0.529. The predicted octanol–water partition coefficient (Wildman–Crippen LogP) is 0.765. The van der Waals surface area contributed by atoms with Crippen molar-refractivity contribution in [2.24, 2.45) is 0 Å². The van der Waals surface area contributed by atoms with E-state index in [9.17, 15) is 9.59 Å². The highest BCUT2D eigenvalue weighted by Gasteiger charge is 2.22. The molecule has 23 heavy (non-hydrogen) atoms. The van der Waals surface area contributed by atoms with Crippen molar-refractivity contribution in [1.29, 1.82) is 0 Å². The van der Waals surface area contributed by atoms with Crippen LogP contribution in [0.5, 0.6) is 0 Å². The molecule has 1 aromatic carbocycles. The molecule has 2 aliphatic heterocycles. The maximum absolute atomic E-state index is 12.5. The number of likely N-dealkylation sites (N-methyl/N-ethyl adjacent to an activating group) is 1. The molecule has 2 saturated heterocycles. The average molecular weight is 316 g/mol. The Morgan fingerprint density at radius 2 is 1.83 bits per heavy atom. The number of carbonyl (C=O) groups excluding carboxylic acids is 2. The number of rotatable bonds is 3. The van der Waals surface area contributed by atoms with E-state index in [-0.39, 0.29) is 17.9 Å². The highest BCUT2D eigenvalue weighted by Crippen LogP contribution is 2.14. The summed E-state index contributed by atoms with van der Waals surface area (Å²) in [4.78, 5) is 28.6. The summed E-state index contributed by atoms with van der Waals surface area (Å²) in [7, 11) is 2.07. The van der Waals surface area contributed by atoms with Gasteiger partial charge < -0.3 is 20.4 Å². The summed E-state index contributed by atoms with van der Waals surface area (Å²) in [6.45, 7) is 4.25. The van der Waals surface area contributed by atoms with Gasteiger partial charge in [0.1, 0.15) is 0 Å². The summed E-state index contributed by atoms with van der Waals surface area (Å²) >= 11 is 0. The Bertz CT molecular complexity index is 558. The first-order valence-electron chi connectivity index (χ1n) is 8.25. The number of benzene rings is 1. The molecule has 1 unspecified atom stereocenters. The van der Waals surface area contributed by atoms with Crippen LogP contribution < -0.4 is 10.6 Å². The van der Waals surface area contributed by atoms with Gasteiger partial charge in [-0.1, -0.05) is 0 Å². The van der Waals surface area contributed by atoms with Gasteiger partial charge in [0.15, 0.2) is 0 Å². The number of carbonyl (C=O) groups is 2. The van der Waals surface area contributed by atoms with Crippen molar-refractivity contribution in [2.75, 3.05) is 45.1 Å². The van der Waals surface area contributed by atoms with Crippen molar-refractivity contribution < 1.29 is 9.59 Å². The van der Waals surface area contributed by atoms with Crippen molar-refractivity contribution in [3.05, 3.63) is 29.8 Å². The van der Waals surface area contributed by atoms with Gasteiger partial charge in [0.25, 0.3) is 5.91 Å². The highest BCUT2D eigenvalue weighted by atomic mass is 16.2. The van der Waals surface area contributed by atoms with Gasteiger partial charge in [-0.3, -0.25) is 9.59 Å². The van der Waals surface area contributed by atoms with Crippen molar-refractivity contribution in [3.8, 4) is 0 Å². The average Bonchev–Trinajstić information content (AvgIpc) is 3.10. The molecule has 0 spiro atoms. The number of piperazine rings is 1. The number of nitrogens with one attached hydrogen (secondary N) is 2. The van der Waals surface area contributed by atoms with Gasteiger partial charge in [-0.2, -0.15) is 0 Å². The van der Waals surface area contributed by atoms with Crippen molar-refractivity contribution in [3.63, 3.8) is 0 Å². The van der Waals surface area contributed by atoms with E-state index in [1.807, 2.05) is 4.90 Å². The van der Waals surface area contributed by atoms with Crippen LogP contribution >= 0.6 is 0 Å². The molecule has 6 nitrogen and oxygen atoms in total. The lowest BCUT2D eigenvalue weighted by atomic mass is 10.1. The van der Waals surface area contributed by atoms with Gasteiger partial charge in [0.05, 0.1) is 6.04 Å². The molecule has 0 bridgehead atoms. The smallest absolute Gasteiger partial charge is 0.253 e. The molecule has 0 aromatic heterocycles. The van der Waals surface area contributed by atoms with E-state index >= 15 is 0 Å².